The molecule has 0 bridgehead atoms. The van der Waals surface area contributed by atoms with Crippen molar-refractivity contribution in [2.45, 2.75) is 45.6 Å². The summed E-state index contributed by atoms with van der Waals surface area (Å²) in [5.41, 5.74) is 0. The molecule has 1 aromatic heterocycles. The standard InChI is InChI=1S/C16H26N4O/c1-4-13(2)11-16(21)19(3)12-14-7-6-10-20(14)15-8-5-9-17-18-15/h5,8-9,13-14H,4,6-7,10-12H2,1-3H3/t13-,14+/m1/s1. The Kier molecular flexibility index (Phi) is 5.53. The van der Waals surface area contributed by atoms with Gasteiger partial charge in [-0.3, -0.25) is 4.79 Å². The van der Waals surface area contributed by atoms with E-state index >= 15 is 0 Å². The van der Waals surface area contributed by atoms with Crippen molar-refractivity contribution >= 4 is 11.7 Å². The van der Waals surface area contributed by atoms with E-state index in [0.29, 0.717) is 18.4 Å². The molecule has 0 aromatic carbocycles. The summed E-state index contributed by atoms with van der Waals surface area (Å²) in [6, 6.07) is 4.26. The van der Waals surface area contributed by atoms with E-state index in [1.54, 1.807) is 6.20 Å². The highest BCUT2D eigenvalue weighted by atomic mass is 16.2. The van der Waals surface area contributed by atoms with E-state index in [1.807, 2.05) is 24.1 Å². The first-order valence-electron chi connectivity index (χ1n) is 7.90. The summed E-state index contributed by atoms with van der Waals surface area (Å²) in [4.78, 5) is 16.4. The van der Waals surface area contributed by atoms with E-state index in [9.17, 15) is 4.79 Å². The van der Waals surface area contributed by atoms with E-state index in [2.05, 4.69) is 28.9 Å². The van der Waals surface area contributed by atoms with Crippen molar-refractivity contribution < 1.29 is 4.79 Å². The SMILES string of the molecule is CC[C@@H](C)CC(=O)N(C)C[C@@H]1CCCN1c1cccnn1. The molecule has 0 N–H and O–H groups in total. The van der Waals surface area contributed by atoms with Crippen molar-refractivity contribution in [3.05, 3.63) is 18.3 Å². The maximum absolute atomic E-state index is 12.2. The molecule has 1 aliphatic heterocycles. The molecule has 1 aromatic rings. The van der Waals surface area contributed by atoms with Crippen molar-refractivity contribution in [1.82, 2.24) is 15.1 Å². The smallest absolute Gasteiger partial charge is 0.222 e. The zero-order chi connectivity index (χ0) is 15.2. The van der Waals surface area contributed by atoms with Crippen LogP contribution in [0, 0.1) is 5.92 Å². The number of aromatic nitrogens is 2. The summed E-state index contributed by atoms with van der Waals surface area (Å²) in [6.45, 7) is 6.03. The first kappa shape index (κ1) is 15.7. The molecular weight excluding hydrogens is 264 g/mol. The minimum atomic E-state index is 0.246. The second-order valence-corrected chi connectivity index (χ2v) is 6.06. The summed E-state index contributed by atoms with van der Waals surface area (Å²) in [5, 5.41) is 8.15. The van der Waals surface area contributed by atoms with Crippen LogP contribution >= 0.6 is 0 Å². The summed E-state index contributed by atoms with van der Waals surface area (Å²) in [7, 11) is 1.91. The van der Waals surface area contributed by atoms with Crippen molar-refractivity contribution in [1.29, 1.82) is 0 Å². The number of rotatable bonds is 6. The highest BCUT2D eigenvalue weighted by Crippen LogP contribution is 2.23. The van der Waals surface area contributed by atoms with Gasteiger partial charge in [-0.2, -0.15) is 5.10 Å². The number of anilines is 1. The predicted molar refractivity (Wildman–Crippen MR) is 84.1 cm³/mol. The molecule has 0 radical (unpaired) electrons. The van der Waals surface area contributed by atoms with Crippen LogP contribution in [0.2, 0.25) is 0 Å². The number of carbonyl (C=O) groups is 1. The third-order valence-corrected chi connectivity index (χ3v) is 4.36. The van der Waals surface area contributed by atoms with Gasteiger partial charge in [-0.05, 0) is 30.9 Å². The van der Waals surface area contributed by atoms with Gasteiger partial charge >= 0.3 is 0 Å². The van der Waals surface area contributed by atoms with Gasteiger partial charge in [-0.25, -0.2) is 0 Å². The van der Waals surface area contributed by atoms with Gasteiger partial charge in [0.2, 0.25) is 5.91 Å². The Bertz CT molecular complexity index is 451. The average molecular weight is 290 g/mol. The molecule has 5 heteroatoms. The monoisotopic (exact) mass is 290 g/mol. The fourth-order valence-electron chi connectivity index (χ4n) is 2.79. The maximum atomic E-state index is 12.2. The number of hydrogen-bond acceptors (Lipinski definition) is 4. The van der Waals surface area contributed by atoms with Gasteiger partial charge in [0.05, 0.1) is 0 Å². The number of carbonyl (C=O) groups excluding carboxylic acids is 1. The maximum Gasteiger partial charge on any atom is 0.222 e. The second-order valence-electron chi connectivity index (χ2n) is 6.06. The lowest BCUT2D eigenvalue weighted by atomic mass is 10.0. The van der Waals surface area contributed by atoms with Crippen molar-refractivity contribution in [2.75, 3.05) is 25.0 Å². The van der Waals surface area contributed by atoms with Gasteiger partial charge < -0.3 is 9.80 Å². The Morgan fingerprint density at radius 2 is 2.38 bits per heavy atom. The quantitative estimate of drug-likeness (QED) is 0.807. The molecule has 0 aliphatic carbocycles. The van der Waals surface area contributed by atoms with Gasteiger partial charge in [0, 0.05) is 38.8 Å². The number of likely N-dealkylation sites (N-methyl/N-ethyl adjacent to an activating group) is 1. The zero-order valence-electron chi connectivity index (χ0n) is 13.3. The number of nitrogens with zero attached hydrogens (tertiary/aromatic N) is 4. The molecular formula is C16H26N4O. The molecule has 21 heavy (non-hydrogen) atoms. The van der Waals surface area contributed by atoms with Crippen LogP contribution in [0.1, 0.15) is 39.5 Å². The van der Waals surface area contributed by atoms with Gasteiger partial charge in [0.1, 0.15) is 0 Å². The topological polar surface area (TPSA) is 49.3 Å². The molecule has 1 aliphatic rings. The minimum Gasteiger partial charge on any atom is -0.350 e. The first-order valence-corrected chi connectivity index (χ1v) is 7.90. The van der Waals surface area contributed by atoms with Gasteiger partial charge in [0.25, 0.3) is 0 Å². The molecule has 0 spiro atoms. The van der Waals surface area contributed by atoms with E-state index in [4.69, 9.17) is 0 Å². The Hall–Kier alpha value is -1.65. The largest absolute Gasteiger partial charge is 0.350 e. The summed E-state index contributed by atoms with van der Waals surface area (Å²) in [5.74, 6) is 1.62. The summed E-state index contributed by atoms with van der Waals surface area (Å²) < 4.78 is 0. The molecule has 5 nitrogen and oxygen atoms in total. The van der Waals surface area contributed by atoms with Crippen LogP contribution in [0.4, 0.5) is 5.82 Å². The lowest BCUT2D eigenvalue weighted by Crippen LogP contribution is -2.42. The predicted octanol–water partition coefficient (Wildman–Crippen LogP) is 2.34. The van der Waals surface area contributed by atoms with Crippen LogP contribution in [0.25, 0.3) is 0 Å². The van der Waals surface area contributed by atoms with E-state index < -0.39 is 0 Å². The van der Waals surface area contributed by atoms with Crippen LogP contribution in [0.3, 0.4) is 0 Å². The first-order chi connectivity index (χ1) is 10.1. The van der Waals surface area contributed by atoms with Crippen LogP contribution in [-0.4, -0.2) is 47.2 Å². The molecule has 1 fully saturated rings. The number of hydrogen-bond donors (Lipinski definition) is 0. The van der Waals surface area contributed by atoms with Gasteiger partial charge in [-0.15, -0.1) is 5.10 Å². The zero-order valence-corrected chi connectivity index (χ0v) is 13.3. The van der Waals surface area contributed by atoms with Crippen LogP contribution in [0.5, 0.6) is 0 Å². The van der Waals surface area contributed by atoms with E-state index in [1.165, 1.54) is 0 Å². The Labute approximate surface area is 127 Å². The Balaban J connectivity index is 1.93. The second kappa shape index (κ2) is 7.38. The van der Waals surface area contributed by atoms with Crippen molar-refractivity contribution in [3.8, 4) is 0 Å². The van der Waals surface area contributed by atoms with Crippen LogP contribution in [-0.2, 0) is 4.79 Å². The minimum absolute atomic E-state index is 0.246. The molecule has 0 saturated carbocycles. The molecule has 116 valence electrons. The van der Waals surface area contributed by atoms with E-state index in [-0.39, 0.29) is 5.91 Å². The lowest BCUT2D eigenvalue weighted by Gasteiger charge is -2.29. The Morgan fingerprint density at radius 1 is 1.57 bits per heavy atom. The number of amides is 1. The summed E-state index contributed by atoms with van der Waals surface area (Å²) >= 11 is 0. The average Bonchev–Trinajstić information content (AvgIpc) is 2.96. The fraction of sp³-hybridized carbons (Fsp3) is 0.688. The molecule has 0 unspecified atom stereocenters. The van der Waals surface area contributed by atoms with Gasteiger partial charge in [-0.1, -0.05) is 20.3 Å². The highest BCUT2D eigenvalue weighted by Gasteiger charge is 2.28. The third-order valence-electron chi connectivity index (χ3n) is 4.36. The summed E-state index contributed by atoms with van der Waals surface area (Å²) in [6.07, 6.45) is 5.64. The van der Waals surface area contributed by atoms with Gasteiger partial charge in [0.15, 0.2) is 5.82 Å². The molecule has 2 atom stereocenters. The normalized spacial score (nSPS) is 19.6. The third kappa shape index (κ3) is 4.16. The van der Waals surface area contributed by atoms with Crippen LogP contribution in [0.15, 0.2) is 18.3 Å². The van der Waals surface area contributed by atoms with Crippen LogP contribution < -0.4 is 4.90 Å². The van der Waals surface area contributed by atoms with Crippen molar-refractivity contribution in [2.24, 2.45) is 5.92 Å². The fourth-order valence-corrected chi connectivity index (χ4v) is 2.79. The van der Waals surface area contributed by atoms with E-state index in [0.717, 1.165) is 38.2 Å². The molecule has 2 heterocycles. The molecule has 2 rings (SSSR count). The lowest BCUT2D eigenvalue weighted by molar-refractivity contribution is -0.131. The Morgan fingerprint density at radius 3 is 3.05 bits per heavy atom. The highest BCUT2D eigenvalue weighted by molar-refractivity contribution is 5.76. The van der Waals surface area contributed by atoms with Crippen molar-refractivity contribution in [3.63, 3.8) is 0 Å². The molecule has 1 saturated heterocycles. The molecule has 1 amide bonds.